The minimum absolute atomic E-state index is 0.0528. The summed E-state index contributed by atoms with van der Waals surface area (Å²) in [5, 5.41) is 9.55. The van der Waals surface area contributed by atoms with E-state index in [2.05, 4.69) is 4.98 Å². The van der Waals surface area contributed by atoms with Crippen molar-refractivity contribution in [2.75, 3.05) is 5.73 Å². The number of fused-ring (bicyclic) bond motifs is 1. The number of phenolic OH excluding ortho intramolecular Hbond substituents is 1. The lowest BCUT2D eigenvalue weighted by molar-refractivity contribution is 0.475. The molecule has 0 radical (unpaired) electrons. The van der Waals surface area contributed by atoms with Gasteiger partial charge in [0.25, 0.3) is 5.56 Å². The van der Waals surface area contributed by atoms with Crippen molar-refractivity contribution < 1.29 is 5.11 Å². The van der Waals surface area contributed by atoms with Gasteiger partial charge in [-0.1, -0.05) is 24.3 Å². The Hall–Kier alpha value is -3.85. The maximum absolute atomic E-state index is 13.1. The molecular weight excluding hydrogens is 396 g/mol. The summed E-state index contributed by atoms with van der Waals surface area (Å²) in [4.78, 5) is 30.9. The molecule has 0 saturated carbocycles. The van der Waals surface area contributed by atoms with Crippen molar-refractivity contribution in [1.82, 2.24) is 18.7 Å². The fourth-order valence-corrected chi connectivity index (χ4v) is 3.69. The van der Waals surface area contributed by atoms with Gasteiger partial charge >= 0.3 is 5.69 Å². The summed E-state index contributed by atoms with van der Waals surface area (Å²) in [5.74, 6) is 0.727. The van der Waals surface area contributed by atoms with Gasteiger partial charge in [-0.25, -0.2) is 9.78 Å². The predicted octanol–water partition coefficient (Wildman–Crippen LogP) is 1.22. The second-order valence-corrected chi connectivity index (χ2v) is 7.31. The second-order valence-electron chi connectivity index (χ2n) is 7.31. The van der Waals surface area contributed by atoms with Gasteiger partial charge in [0.05, 0.1) is 13.2 Å². The quantitative estimate of drug-likeness (QED) is 0.402. The average Bonchev–Trinajstić information content (AvgIpc) is 3.12. The summed E-state index contributed by atoms with van der Waals surface area (Å²) in [6.45, 7) is 2.24. The van der Waals surface area contributed by atoms with Gasteiger partial charge in [0.15, 0.2) is 11.2 Å². The van der Waals surface area contributed by atoms with Crippen LogP contribution in [-0.2, 0) is 26.2 Å². The van der Waals surface area contributed by atoms with Crippen molar-refractivity contribution >= 4 is 16.9 Å². The zero-order valence-corrected chi connectivity index (χ0v) is 17.2. The van der Waals surface area contributed by atoms with Crippen molar-refractivity contribution in [3.8, 4) is 5.75 Å². The molecule has 2 heterocycles. The van der Waals surface area contributed by atoms with E-state index in [4.69, 9.17) is 11.5 Å². The normalized spacial score (nSPS) is 11.3. The average molecular weight is 420 g/mol. The number of nitrogens with two attached hydrogens (primary N) is 2. The Balaban J connectivity index is 1.92. The Kier molecular flexibility index (Phi) is 5.35. The lowest BCUT2D eigenvalue weighted by atomic mass is 10.1. The van der Waals surface area contributed by atoms with Crippen LogP contribution in [0.3, 0.4) is 0 Å². The number of nitrogens with zero attached hydrogens (tertiary/aromatic N) is 4. The first-order valence-corrected chi connectivity index (χ1v) is 9.98. The fraction of sp³-hybridized carbons (Fsp3) is 0.227. The Morgan fingerprint density at radius 2 is 1.58 bits per heavy atom. The van der Waals surface area contributed by atoms with E-state index >= 15 is 0 Å². The summed E-state index contributed by atoms with van der Waals surface area (Å²) < 4.78 is 4.32. The molecule has 0 aliphatic carbocycles. The predicted molar refractivity (Wildman–Crippen MR) is 119 cm³/mol. The van der Waals surface area contributed by atoms with Crippen molar-refractivity contribution in [1.29, 1.82) is 0 Å². The second kappa shape index (κ2) is 8.11. The SMILES string of the molecule is CCn1c(=O)c2c(nc(Cc3ccc(N)cc3)n2CN)n(Cc2ccc(O)cc2)c1=O. The molecule has 0 amide bonds. The van der Waals surface area contributed by atoms with Gasteiger partial charge in [-0.05, 0) is 42.3 Å². The molecule has 5 N–H and O–H groups in total. The van der Waals surface area contributed by atoms with Gasteiger partial charge < -0.3 is 21.1 Å². The first kappa shape index (κ1) is 20.4. The van der Waals surface area contributed by atoms with Crippen molar-refractivity contribution in [3.63, 3.8) is 0 Å². The molecule has 9 heteroatoms. The highest BCUT2D eigenvalue weighted by Gasteiger charge is 2.21. The molecular formula is C22H24N6O3. The van der Waals surface area contributed by atoms with E-state index in [1.54, 1.807) is 47.9 Å². The van der Waals surface area contributed by atoms with Crippen LogP contribution in [0.4, 0.5) is 5.69 Å². The van der Waals surface area contributed by atoms with Crippen LogP contribution in [0.1, 0.15) is 23.9 Å². The summed E-state index contributed by atoms with van der Waals surface area (Å²) in [6, 6.07) is 13.9. The van der Waals surface area contributed by atoms with Crippen LogP contribution in [0.5, 0.6) is 5.75 Å². The number of rotatable bonds is 6. The molecule has 160 valence electrons. The molecule has 0 bridgehead atoms. The summed E-state index contributed by atoms with van der Waals surface area (Å²) in [5.41, 5.74) is 13.9. The summed E-state index contributed by atoms with van der Waals surface area (Å²) in [7, 11) is 0. The topological polar surface area (TPSA) is 134 Å². The number of anilines is 1. The van der Waals surface area contributed by atoms with E-state index in [9.17, 15) is 14.7 Å². The minimum atomic E-state index is -0.436. The number of imidazole rings is 1. The number of hydrogen-bond acceptors (Lipinski definition) is 6. The monoisotopic (exact) mass is 420 g/mol. The van der Waals surface area contributed by atoms with Crippen LogP contribution in [0.2, 0.25) is 0 Å². The van der Waals surface area contributed by atoms with E-state index in [1.165, 1.54) is 9.13 Å². The standard InChI is InChI=1S/C22H24N6O3/c1-2-26-21(30)19-20(27(22(26)31)12-15-5-9-17(29)10-6-15)25-18(28(19)13-23)11-14-3-7-16(24)8-4-14/h3-10,29H,2,11-13,23-24H2,1H3. The largest absolute Gasteiger partial charge is 0.508 e. The van der Waals surface area contributed by atoms with Gasteiger partial charge in [-0.3, -0.25) is 13.9 Å². The highest BCUT2D eigenvalue weighted by Crippen LogP contribution is 2.17. The molecule has 0 aliphatic heterocycles. The first-order valence-electron chi connectivity index (χ1n) is 9.98. The minimum Gasteiger partial charge on any atom is -0.508 e. The van der Waals surface area contributed by atoms with E-state index in [0.717, 1.165) is 11.1 Å². The molecule has 0 saturated heterocycles. The van der Waals surface area contributed by atoms with Crippen LogP contribution in [0, 0.1) is 0 Å². The Morgan fingerprint density at radius 3 is 2.19 bits per heavy atom. The van der Waals surface area contributed by atoms with Crippen LogP contribution < -0.4 is 22.7 Å². The van der Waals surface area contributed by atoms with Crippen LogP contribution in [-0.4, -0.2) is 23.8 Å². The highest BCUT2D eigenvalue weighted by atomic mass is 16.3. The van der Waals surface area contributed by atoms with Crippen LogP contribution >= 0.6 is 0 Å². The molecule has 4 rings (SSSR count). The number of phenols is 1. The van der Waals surface area contributed by atoms with Gasteiger partial charge in [0.1, 0.15) is 11.6 Å². The lowest BCUT2D eigenvalue weighted by Crippen LogP contribution is -2.40. The maximum atomic E-state index is 13.1. The van der Waals surface area contributed by atoms with Crippen LogP contribution in [0.15, 0.2) is 58.1 Å². The molecule has 31 heavy (non-hydrogen) atoms. The molecule has 9 nitrogen and oxygen atoms in total. The molecule has 0 spiro atoms. The molecule has 2 aromatic heterocycles. The first-order chi connectivity index (χ1) is 14.9. The van der Waals surface area contributed by atoms with Crippen molar-refractivity contribution in [2.24, 2.45) is 5.73 Å². The van der Waals surface area contributed by atoms with E-state index in [-0.39, 0.29) is 25.5 Å². The number of aromatic hydroxyl groups is 1. The van der Waals surface area contributed by atoms with Gasteiger partial charge in [0, 0.05) is 18.7 Å². The zero-order valence-electron chi connectivity index (χ0n) is 17.2. The maximum Gasteiger partial charge on any atom is 0.333 e. The third-order valence-electron chi connectivity index (χ3n) is 5.31. The number of aromatic nitrogens is 4. The molecule has 0 unspecified atom stereocenters. The molecule has 2 aromatic carbocycles. The van der Waals surface area contributed by atoms with Gasteiger partial charge in [-0.15, -0.1) is 0 Å². The van der Waals surface area contributed by atoms with Gasteiger partial charge in [-0.2, -0.15) is 0 Å². The number of benzene rings is 2. The van der Waals surface area contributed by atoms with Crippen molar-refractivity contribution in [2.45, 2.75) is 33.1 Å². The highest BCUT2D eigenvalue weighted by molar-refractivity contribution is 5.71. The smallest absolute Gasteiger partial charge is 0.333 e. The fourth-order valence-electron chi connectivity index (χ4n) is 3.69. The lowest BCUT2D eigenvalue weighted by Gasteiger charge is -2.11. The third-order valence-corrected chi connectivity index (χ3v) is 5.31. The Bertz CT molecular complexity index is 1350. The van der Waals surface area contributed by atoms with Crippen molar-refractivity contribution in [3.05, 3.63) is 86.3 Å². The number of hydrogen-bond donors (Lipinski definition) is 3. The molecule has 0 fully saturated rings. The van der Waals surface area contributed by atoms with E-state index < -0.39 is 11.2 Å². The Morgan fingerprint density at radius 1 is 0.935 bits per heavy atom. The van der Waals surface area contributed by atoms with E-state index in [1.807, 2.05) is 12.1 Å². The van der Waals surface area contributed by atoms with E-state index in [0.29, 0.717) is 29.1 Å². The van der Waals surface area contributed by atoms with Crippen LogP contribution in [0.25, 0.3) is 11.2 Å². The third kappa shape index (κ3) is 3.71. The molecule has 0 atom stereocenters. The molecule has 4 aromatic rings. The molecule has 0 aliphatic rings. The summed E-state index contributed by atoms with van der Waals surface area (Å²) in [6.07, 6.45) is 0.436. The zero-order chi connectivity index (χ0) is 22.1. The number of nitrogen functional groups attached to an aromatic ring is 1. The Labute approximate surface area is 177 Å². The van der Waals surface area contributed by atoms with Gasteiger partial charge in [0.2, 0.25) is 0 Å². The summed E-state index contributed by atoms with van der Waals surface area (Å²) >= 11 is 0.